The van der Waals surface area contributed by atoms with Crippen LogP contribution in [0.5, 0.6) is 5.75 Å². The molecule has 0 aliphatic rings. The zero-order valence-electron chi connectivity index (χ0n) is 17.1. The van der Waals surface area contributed by atoms with E-state index in [9.17, 15) is 29.4 Å². The van der Waals surface area contributed by atoms with Gasteiger partial charge in [-0.1, -0.05) is 42.5 Å². The maximum atomic E-state index is 12.7. The van der Waals surface area contributed by atoms with Gasteiger partial charge in [0.1, 0.15) is 17.8 Å². The van der Waals surface area contributed by atoms with Crippen molar-refractivity contribution < 1.29 is 34.5 Å². The molecule has 0 bridgehead atoms. The third kappa shape index (κ3) is 7.73. The number of hydrogen-bond donors (Lipinski definition) is 6. The molecule has 0 fully saturated rings. The van der Waals surface area contributed by atoms with Gasteiger partial charge in [0.2, 0.25) is 11.8 Å². The summed E-state index contributed by atoms with van der Waals surface area (Å²) >= 11 is 0. The average molecular weight is 443 g/mol. The van der Waals surface area contributed by atoms with Gasteiger partial charge in [-0.25, -0.2) is 4.79 Å². The smallest absolute Gasteiger partial charge is 0.326 e. The molecule has 2 aromatic rings. The summed E-state index contributed by atoms with van der Waals surface area (Å²) in [5.41, 5.74) is 7.36. The quantitative estimate of drug-likeness (QED) is 0.281. The highest BCUT2D eigenvalue weighted by Gasteiger charge is 2.29. The average Bonchev–Trinajstić information content (AvgIpc) is 2.74. The summed E-state index contributed by atoms with van der Waals surface area (Å²) in [5, 5.41) is 32.1. The fraction of sp³-hybridized carbons (Fsp3) is 0.273. The van der Waals surface area contributed by atoms with Gasteiger partial charge >= 0.3 is 11.9 Å². The van der Waals surface area contributed by atoms with Crippen molar-refractivity contribution >= 4 is 23.8 Å². The van der Waals surface area contributed by atoms with Gasteiger partial charge in [-0.3, -0.25) is 14.4 Å². The van der Waals surface area contributed by atoms with E-state index in [4.69, 9.17) is 10.8 Å². The standard InChI is InChI=1S/C22H25N3O7/c23-16(10-14-6-8-15(26)9-7-14)20(29)24-17(11-13-4-2-1-3-5-13)21(30)25-18(22(31)32)12-19(27)28/h1-9,16-18,26H,10-12,23H2,(H,24,29)(H,25,30)(H,27,28)(H,31,32). The highest BCUT2D eigenvalue weighted by molar-refractivity contribution is 5.93. The first-order chi connectivity index (χ1) is 15.2. The molecule has 0 spiro atoms. The van der Waals surface area contributed by atoms with E-state index >= 15 is 0 Å². The van der Waals surface area contributed by atoms with Crippen molar-refractivity contribution in [3.8, 4) is 5.75 Å². The monoisotopic (exact) mass is 443 g/mol. The summed E-state index contributed by atoms with van der Waals surface area (Å²) < 4.78 is 0. The minimum atomic E-state index is -1.65. The van der Waals surface area contributed by atoms with E-state index in [0.717, 1.165) is 0 Å². The van der Waals surface area contributed by atoms with Crippen molar-refractivity contribution in [3.63, 3.8) is 0 Å². The molecule has 2 rings (SSSR count). The van der Waals surface area contributed by atoms with Crippen LogP contribution in [0.1, 0.15) is 17.5 Å². The molecule has 7 N–H and O–H groups in total. The molecule has 0 heterocycles. The molecule has 3 atom stereocenters. The Kier molecular flexibility index (Phi) is 8.72. The van der Waals surface area contributed by atoms with E-state index in [0.29, 0.717) is 11.1 Å². The Labute approximate surface area is 184 Å². The van der Waals surface area contributed by atoms with Crippen molar-refractivity contribution in [1.29, 1.82) is 0 Å². The SMILES string of the molecule is NC(Cc1ccc(O)cc1)C(=O)NC(Cc1ccccc1)C(=O)NC(CC(=O)O)C(=O)O. The molecule has 0 saturated heterocycles. The van der Waals surface area contributed by atoms with Crippen molar-refractivity contribution in [2.24, 2.45) is 5.73 Å². The molecule has 0 radical (unpaired) electrons. The molecule has 0 aliphatic carbocycles. The summed E-state index contributed by atoms with van der Waals surface area (Å²) in [4.78, 5) is 47.6. The fourth-order valence-corrected chi connectivity index (χ4v) is 2.96. The van der Waals surface area contributed by atoms with Crippen molar-refractivity contribution in [3.05, 3.63) is 65.7 Å². The van der Waals surface area contributed by atoms with Gasteiger partial charge in [0.15, 0.2) is 0 Å². The maximum absolute atomic E-state index is 12.7. The Bertz CT molecular complexity index is 948. The first-order valence-electron chi connectivity index (χ1n) is 9.78. The summed E-state index contributed by atoms with van der Waals surface area (Å²) in [7, 11) is 0. The number of rotatable bonds is 11. The van der Waals surface area contributed by atoms with Gasteiger partial charge in [0.05, 0.1) is 12.5 Å². The molecule has 2 amide bonds. The molecule has 2 aromatic carbocycles. The molecule has 0 aromatic heterocycles. The molecular weight excluding hydrogens is 418 g/mol. The minimum Gasteiger partial charge on any atom is -0.508 e. The topological polar surface area (TPSA) is 179 Å². The van der Waals surface area contributed by atoms with Gasteiger partial charge in [0.25, 0.3) is 0 Å². The molecular formula is C22H25N3O7. The van der Waals surface area contributed by atoms with E-state index in [1.54, 1.807) is 42.5 Å². The van der Waals surface area contributed by atoms with E-state index < -0.39 is 48.3 Å². The molecule has 0 saturated carbocycles. The van der Waals surface area contributed by atoms with Gasteiger partial charge < -0.3 is 31.7 Å². The maximum Gasteiger partial charge on any atom is 0.326 e. The minimum absolute atomic E-state index is 0.0454. The van der Waals surface area contributed by atoms with Crippen LogP contribution in [0.4, 0.5) is 0 Å². The third-order valence-electron chi connectivity index (χ3n) is 4.64. The zero-order valence-corrected chi connectivity index (χ0v) is 17.1. The number of phenols is 1. The van der Waals surface area contributed by atoms with Crippen LogP contribution >= 0.6 is 0 Å². The summed E-state index contributed by atoms with van der Waals surface area (Å²) in [6.45, 7) is 0. The van der Waals surface area contributed by atoms with Crippen LogP contribution in [0.25, 0.3) is 0 Å². The lowest BCUT2D eigenvalue weighted by Gasteiger charge is -2.22. The second-order valence-electron chi connectivity index (χ2n) is 7.23. The lowest BCUT2D eigenvalue weighted by molar-refractivity contribution is -0.147. The first-order valence-corrected chi connectivity index (χ1v) is 9.78. The number of phenolic OH excluding ortho intramolecular Hbond substituents is 1. The Morgan fingerprint density at radius 2 is 1.34 bits per heavy atom. The zero-order chi connectivity index (χ0) is 23.7. The van der Waals surface area contributed by atoms with Crippen LogP contribution in [-0.4, -0.2) is 57.2 Å². The predicted molar refractivity (Wildman–Crippen MR) is 114 cm³/mol. The number of nitrogens with one attached hydrogen (secondary N) is 2. The summed E-state index contributed by atoms with van der Waals surface area (Å²) in [6, 6.07) is 11.0. The molecule has 10 heteroatoms. The number of carbonyl (C=O) groups excluding carboxylic acids is 2. The number of carboxylic acid groups (broad SMARTS) is 2. The molecule has 3 unspecified atom stereocenters. The van der Waals surface area contributed by atoms with Gasteiger partial charge in [-0.15, -0.1) is 0 Å². The summed E-state index contributed by atoms with van der Waals surface area (Å²) in [5.74, 6) is -4.31. The van der Waals surface area contributed by atoms with Crippen LogP contribution in [0.3, 0.4) is 0 Å². The Balaban J connectivity index is 2.13. The Hall–Kier alpha value is -3.92. The number of amides is 2. The largest absolute Gasteiger partial charge is 0.508 e. The van der Waals surface area contributed by atoms with E-state index in [2.05, 4.69) is 10.6 Å². The van der Waals surface area contributed by atoms with Crippen LogP contribution < -0.4 is 16.4 Å². The number of nitrogens with two attached hydrogens (primary N) is 1. The van der Waals surface area contributed by atoms with Crippen LogP contribution in [0, 0.1) is 0 Å². The molecule has 32 heavy (non-hydrogen) atoms. The lowest BCUT2D eigenvalue weighted by atomic mass is 10.0. The van der Waals surface area contributed by atoms with Crippen molar-refractivity contribution in [1.82, 2.24) is 10.6 Å². The number of benzene rings is 2. The normalized spacial score (nSPS) is 13.4. The number of carbonyl (C=O) groups is 4. The number of carboxylic acids is 2. The van der Waals surface area contributed by atoms with Crippen LogP contribution in [-0.2, 0) is 32.0 Å². The Morgan fingerprint density at radius 1 is 0.781 bits per heavy atom. The first kappa shape index (κ1) is 24.4. The number of hydrogen-bond acceptors (Lipinski definition) is 6. The molecule has 170 valence electrons. The fourth-order valence-electron chi connectivity index (χ4n) is 2.96. The van der Waals surface area contributed by atoms with Crippen molar-refractivity contribution in [2.45, 2.75) is 37.4 Å². The van der Waals surface area contributed by atoms with Gasteiger partial charge in [-0.05, 0) is 29.7 Å². The third-order valence-corrected chi connectivity index (χ3v) is 4.64. The van der Waals surface area contributed by atoms with Crippen molar-refractivity contribution in [2.75, 3.05) is 0 Å². The number of aliphatic carboxylic acids is 2. The predicted octanol–water partition coefficient (Wildman–Crippen LogP) is 0.0336. The number of aromatic hydroxyl groups is 1. The Morgan fingerprint density at radius 3 is 1.91 bits per heavy atom. The van der Waals surface area contributed by atoms with E-state index in [1.165, 1.54) is 12.1 Å². The second kappa shape index (κ2) is 11.5. The van der Waals surface area contributed by atoms with Crippen LogP contribution in [0.2, 0.25) is 0 Å². The van der Waals surface area contributed by atoms with E-state index in [-0.39, 0.29) is 18.6 Å². The van der Waals surface area contributed by atoms with Gasteiger partial charge in [-0.2, -0.15) is 0 Å². The lowest BCUT2D eigenvalue weighted by Crippen LogP contribution is -2.55. The molecule has 0 aliphatic heterocycles. The van der Waals surface area contributed by atoms with E-state index in [1.807, 2.05) is 0 Å². The van der Waals surface area contributed by atoms with Gasteiger partial charge in [0, 0.05) is 6.42 Å². The second-order valence-corrected chi connectivity index (χ2v) is 7.23. The molecule has 10 nitrogen and oxygen atoms in total. The highest BCUT2D eigenvalue weighted by Crippen LogP contribution is 2.11. The summed E-state index contributed by atoms with van der Waals surface area (Å²) in [6.07, 6.45) is -0.625. The highest BCUT2D eigenvalue weighted by atomic mass is 16.4. The van der Waals surface area contributed by atoms with Crippen LogP contribution in [0.15, 0.2) is 54.6 Å².